The van der Waals surface area contributed by atoms with E-state index in [1.165, 1.54) is 9.13 Å². The molecule has 0 aliphatic rings. The van der Waals surface area contributed by atoms with Gasteiger partial charge in [-0.2, -0.15) is 0 Å². The zero-order valence-electron chi connectivity index (χ0n) is 10.3. The summed E-state index contributed by atoms with van der Waals surface area (Å²) < 4.78 is 1.22. The topological polar surface area (TPSA) is 41.1 Å². The van der Waals surface area contributed by atoms with E-state index in [0.717, 1.165) is 13.0 Å². The second-order valence-electron chi connectivity index (χ2n) is 4.00. The van der Waals surface area contributed by atoms with E-state index in [0.29, 0.717) is 6.54 Å². The molecule has 0 saturated carbocycles. The van der Waals surface area contributed by atoms with Crippen LogP contribution >= 0.6 is 22.6 Å². The average Bonchev–Trinajstić information content (AvgIpc) is 2.34. The number of rotatable bonds is 6. The highest BCUT2D eigenvalue weighted by atomic mass is 127. The molecule has 0 aromatic heterocycles. The first-order chi connectivity index (χ1) is 8.13. The van der Waals surface area contributed by atoms with E-state index in [-0.39, 0.29) is 11.9 Å². The van der Waals surface area contributed by atoms with E-state index >= 15 is 0 Å². The lowest BCUT2D eigenvalue weighted by atomic mass is 10.1. The molecular formula is C13H19IN2O. The van der Waals surface area contributed by atoms with Gasteiger partial charge in [-0.15, -0.1) is 0 Å². The van der Waals surface area contributed by atoms with Crippen molar-refractivity contribution in [3.63, 3.8) is 0 Å². The maximum absolute atomic E-state index is 11.4. The van der Waals surface area contributed by atoms with Crippen molar-refractivity contribution in [1.29, 1.82) is 0 Å². The van der Waals surface area contributed by atoms with E-state index in [4.69, 9.17) is 0 Å². The lowest BCUT2D eigenvalue weighted by Crippen LogP contribution is -2.35. The summed E-state index contributed by atoms with van der Waals surface area (Å²) in [6.07, 6.45) is 0.971. The van der Waals surface area contributed by atoms with Gasteiger partial charge in [0, 0.05) is 16.2 Å². The molecule has 1 aromatic carbocycles. The summed E-state index contributed by atoms with van der Waals surface area (Å²) in [5, 5.41) is 6.06. The van der Waals surface area contributed by atoms with Gasteiger partial charge in [0.2, 0.25) is 5.91 Å². The van der Waals surface area contributed by atoms with Crippen LogP contribution in [-0.2, 0) is 4.79 Å². The number of hydrogen-bond donors (Lipinski definition) is 2. The van der Waals surface area contributed by atoms with Crippen LogP contribution in [0.4, 0.5) is 0 Å². The van der Waals surface area contributed by atoms with Crippen molar-refractivity contribution < 1.29 is 4.79 Å². The number of carbonyl (C=O) groups is 1. The van der Waals surface area contributed by atoms with Crippen molar-refractivity contribution in [3.05, 3.63) is 33.4 Å². The minimum absolute atomic E-state index is 0.0595. The quantitative estimate of drug-likeness (QED) is 0.777. The molecule has 1 unspecified atom stereocenters. The van der Waals surface area contributed by atoms with Gasteiger partial charge in [0.15, 0.2) is 0 Å². The van der Waals surface area contributed by atoms with Crippen molar-refractivity contribution >= 4 is 28.5 Å². The standard InChI is InChI=1S/C13H19IN2O/c1-3-8-15-13(17)9-16-10(2)11-4-6-12(14)7-5-11/h4-7,10,16H,3,8-9H2,1-2H3,(H,15,17). The maximum atomic E-state index is 11.4. The van der Waals surface area contributed by atoms with Crippen LogP contribution in [0.1, 0.15) is 31.9 Å². The first-order valence-corrected chi connectivity index (χ1v) is 6.97. The molecule has 1 rings (SSSR count). The van der Waals surface area contributed by atoms with Crippen LogP contribution in [-0.4, -0.2) is 19.0 Å². The van der Waals surface area contributed by atoms with Gasteiger partial charge < -0.3 is 10.6 Å². The maximum Gasteiger partial charge on any atom is 0.233 e. The van der Waals surface area contributed by atoms with Crippen molar-refractivity contribution in [2.24, 2.45) is 0 Å². The Hall–Kier alpha value is -0.620. The number of halogens is 1. The highest BCUT2D eigenvalue weighted by Gasteiger charge is 2.06. The molecule has 1 aromatic rings. The van der Waals surface area contributed by atoms with Gasteiger partial charge in [-0.25, -0.2) is 0 Å². The summed E-state index contributed by atoms with van der Waals surface area (Å²) in [4.78, 5) is 11.4. The van der Waals surface area contributed by atoms with Gasteiger partial charge in [-0.05, 0) is 53.6 Å². The fraction of sp³-hybridized carbons (Fsp3) is 0.462. The second-order valence-corrected chi connectivity index (χ2v) is 5.25. The average molecular weight is 346 g/mol. The molecule has 0 saturated heterocycles. The molecule has 0 bridgehead atoms. The third kappa shape index (κ3) is 5.50. The van der Waals surface area contributed by atoms with Crippen LogP contribution in [0.2, 0.25) is 0 Å². The summed E-state index contributed by atoms with van der Waals surface area (Å²) in [6, 6.07) is 8.52. The monoisotopic (exact) mass is 346 g/mol. The summed E-state index contributed by atoms with van der Waals surface area (Å²) in [5.74, 6) is 0.0595. The Morgan fingerprint density at radius 3 is 2.59 bits per heavy atom. The van der Waals surface area contributed by atoms with Crippen LogP contribution < -0.4 is 10.6 Å². The first-order valence-electron chi connectivity index (χ1n) is 5.89. The van der Waals surface area contributed by atoms with E-state index < -0.39 is 0 Å². The predicted octanol–water partition coefficient (Wildman–Crippen LogP) is 2.47. The molecule has 0 heterocycles. The summed E-state index contributed by atoms with van der Waals surface area (Å²) in [5.41, 5.74) is 1.20. The Kier molecular flexibility index (Phi) is 6.50. The zero-order chi connectivity index (χ0) is 12.7. The first kappa shape index (κ1) is 14.4. The SMILES string of the molecule is CCCNC(=O)CNC(C)c1ccc(I)cc1. The molecule has 0 spiro atoms. The highest BCUT2D eigenvalue weighted by Crippen LogP contribution is 2.13. The molecule has 17 heavy (non-hydrogen) atoms. The highest BCUT2D eigenvalue weighted by molar-refractivity contribution is 14.1. The number of hydrogen-bond acceptors (Lipinski definition) is 2. The van der Waals surface area contributed by atoms with Crippen LogP contribution in [0.3, 0.4) is 0 Å². The molecule has 1 amide bonds. The van der Waals surface area contributed by atoms with Crippen LogP contribution in [0.5, 0.6) is 0 Å². The summed E-state index contributed by atoms with van der Waals surface area (Å²) in [7, 11) is 0. The molecule has 2 N–H and O–H groups in total. The fourth-order valence-corrected chi connectivity index (χ4v) is 1.80. The molecule has 0 fully saturated rings. The van der Waals surface area contributed by atoms with Gasteiger partial charge in [0.05, 0.1) is 6.54 Å². The Morgan fingerprint density at radius 2 is 2.00 bits per heavy atom. The van der Waals surface area contributed by atoms with Crippen LogP contribution in [0.25, 0.3) is 0 Å². The van der Waals surface area contributed by atoms with E-state index in [9.17, 15) is 4.79 Å². The Labute approximate surface area is 117 Å². The fourth-order valence-electron chi connectivity index (χ4n) is 1.44. The zero-order valence-corrected chi connectivity index (χ0v) is 12.5. The van der Waals surface area contributed by atoms with Crippen molar-refractivity contribution in [3.8, 4) is 0 Å². The molecule has 0 radical (unpaired) electrons. The third-order valence-corrected chi connectivity index (χ3v) is 3.23. The molecule has 0 aliphatic carbocycles. The Balaban J connectivity index is 2.36. The van der Waals surface area contributed by atoms with E-state index in [2.05, 4.69) is 64.4 Å². The Morgan fingerprint density at radius 1 is 1.35 bits per heavy atom. The molecule has 94 valence electrons. The van der Waals surface area contributed by atoms with Gasteiger partial charge in [-0.3, -0.25) is 4.79 Å². The largest absolute Gasteiger partial charge is 0.355 e. The smallest absolute Gasteiger partial charge is 0.233 e. The van der Waals surface area contributed by atoms with Gasteiger partial charge in [0.1, 0.15) is 0 Å². The normalized spacial score (nSPS) is 12.2. The lowest BCUT2D eigenvalue weighted by Gasteiger charge is -2.14. The predicted molar refractivity (Wildman–Crippen MR) is 78.9 cm³/mol. The van der Waals surface area contributed by atoms with Gasteiger partial charge >= 0.3 is 0 Å². The summed E-state index contributed by atoms with van der Waals surface area (Å²) in [6.45, 7) is 5.22. The van der Waals surface area contributed by atoms with Crippen LogP contribution in [0, 0.1) is 3.57 Å². The number of carbonyl (C=O) groups excluding carboxylic acids is 1. The molecular weight excluding hydrogens is 327 g/mol. The van der Waals surface area contributed by atoms with Gasteiger partial charge in [-0.1, -0.05) is 19.1 Å². The lowest BCUT2D eigenvalue weighted by molar-refractivity contribution is -0.120. The second kappa shape index (κ2) is 7.66. The molecule has 4 heteroatoms. The van der Waals surface area contributed by atoms with E-state index in [1.807, 2.05) is 6.92 Å². The molecule has 3 nitrogen and oxygen atoms in total. The summed E-state index contributed by atoms with van der Waals surface area (Å²) >= 11 is 2.28. The van der Waals surface area contributed by atoms with E-state index in [1.54, 1.807) is 0 Å². The number of amides is 1. The minimum Gasteiger partial charge on any atom is -0.355 e. The minimum atomic E-state index is 0.0595. The number of benzene rings is 1. The van der Waals surface area contributed by atoms with Crippen LogP contribution in [0.15, 0.2) is 24.3 Å². The van der Waals surface area contributed by atoms with Crippen molar-refractivity contribution in [1.82, 2.24) is 10.6 Å². The molecule has 0 aliphatic heterocycles. The molecule has 1 atom stereocenters. The van der Waals surface area contributed by atoms with Crippen molar-refractivity contribution in [2.45, 2.75) is 26.3 Å². The van der Waals surface area contributed by atoms with Gasteiger partial charge in [0.25, 0.3) is 0 Å². The third-order valence-electron chi connectivity index (χ3n) is 2.51. The Bertz CT molecular complexity index is 351. The number of nitrogens with one attached hydrogen (secondary N) is 2. The van der Waals surface area contributed by atoms with Crippen molar-refractivity contribution in [2.75, 3.05) is 13.1 Å².